The van der Waals surface area contributed by atoms with Gasteiger partial charge in [0.1, 0.15) is 15.6 Å². The third-order valence-corrected chi connectivity index (χ3v) is 5.71. The quantitative estimate of drug-likeness (QED) is 0.432. The van der Waals surface area contributed by atoms with Gasteiger partial charge in [0.15, 0.2) is 17.3 Å². The first-order valence-electron chi connectivity index (χ1n) is 10.4. The van der Waals surface area contributed by atoms with E-state index in [9.17, 15) is 8.42 Å². The van der Waals surface area contributed by atoms with Gasteiger partial charge in [-0.15, -0.1) is 0 Å². The standard InChI is InChI=1S/C22H35N3O4S/c1-7-23-21(24-15-22(4,5)12-13-30(6,26)27)25-16(3)19-14-17-10-9-11-18(28-8-2)20(17)29-19/h9-11,14,16H,7-8,12-13,15H2,1-6H3,(H2,23,24,25). The molecule has 8 heteroatoms. The highest BCUT2D eigenvalue weighted by molar-refractivity contribution is 7.90. The lowest BCUT2D eigenvalue weighted by Gasteiger charge is -2.23. The fourth-order valence-electron chi connectivity index (χ4n) is 2.97. The minimum Gasteiger partial charge on any atom is -0.490 e. The minimum absolute atomic E-state index is 0.108. The zero-order chi connectivity index (χ0) is 22.4. The number of sulfone groups is 1. The van der Waals surface area contributed by atoms with E-state index < -0.39 is 9.84 Å². The topological polar surface area (TPSA) is 92.9 Å². The Morgan fingerprint density at radius 1 is 1.30 bits per heavy atom. The van der Waals surface area contributed by atoms with E-state index in [4.69, 9.17) is 9.15 Å². The first-order chi connectivity index (χ1) is 14.0. The highest BCUT2D eigenvalue weighted by atomic mass is 32.2. The van der Waals surface area contributed by atoms with Gasteiger partial charge in [-0.25, -0.2) is 8.42 Å². The van der Waals surface area contributed by atoms with Crippen molar-refractivity contribution in [2.24, 2.45) is 10.4 Å². The second kappa shape index (κ2) is 10.2. The van der Waals surface area contributed by atoms with E-state index in [-0.39, 0.29) is 17.2 Å². The maximum absolute atomic E-state index is 11.5. The van der Waals surface area contributed by atoms with Crippen molar-refractivity contribution in [2.75, 3.05) is 31.7 Å². The van der Waals surface area contributed by atoms with Crippen molar-refractivity contribution in [3.8, 4) is 5.75 Å². The third-order valence-electron chi connectivity index (χ3n) is 4.77. The summed E-state index contributed by atoms with van der Waals surface area (Å²) in [4.78, 5) is 4.69. The van der Waals surface area contributed by atoms with Crippen molar-refractivity contribution in [1.82, 2.24) is 10.6 Å². The molecule has 0 aliphatic carbocycles. The molecule has 7 nitrogen and oxygen atoms in total. The predicted molar refractivity (Wildman–Crippen MR) is 123 cm³/mol. The van der Waals surface area contributed by atoms with Gasteiger partial charge in [-0.2, -0.15) is 0 Å². The van der Waals surface area contributed by atoms with Crippen molar-refractivity contribution in [3.63, 3.8) is 0 Å². The Morgan fingerprint density at radius 2 is 2.03 bits per heavy atom. The molecule has 2 N–H and O–H groups in total. The maximum atomic E-state index is 11.5. The van der Waals surface area contributed by atoms with Crippen LogP contribution in [0.5, 0.6) is 5.75 Å². The van der Waals surface area contributed by atoms with Gasteiger partial charge in [0.2, 0.25) is 0 Å². The number of benzene rings is 1. The Labute approximate surface area is 180 Å². The van der Waals surface area contributed by atoms with Crippen LogP contribution in [0.15, 0.2) is 33.7 Å². The number of furan rings is 1. The number of guanidine groups is 1. The van der Waals surface area contributed by atoms with Gasteiger partial charge in [0, 0.05) is 24.7 Å². The Balaban J connectivity index is 2.12. The van der Waals surface area contributed by atoms with E-state index in [1.807, 2.05) is 58.9 Å². The Kier molecular flexibility index (Phi) is 8.18. The summed E-state index contributed by atoms with van der Waals surface area (Å²) in [7, 11) is -2.98. The van der Waals surface area contributed by atoms with Crippen molar-refractivity contribution in [3.05, 3.63) is 30.0 Å². The Morgan fingerprint density at radius 3 is 2.67 bits per heavy atom. The van der Waals surface area contributed by atoms with Gasteiger partial charge >= 0.3 is 0 Å². The maximum Gasteiger partial charge on any atom is 0.191 e. The zero-order valence-corrected chi connectivity index (χ0v) is 19.7. The molecule has 1 aromatic heterocycles. The van der Waals surface area contributed by atoms with Gasteiger partial charge in [-0.1, -0.05) is 26.0 Å². The molecule has 30 heavy (non-hydrogen) atoms. The van der Waals surface area contributed by atoms with Crippen molar-refractivity contribution in [1.29, 1.82) is 0 Å². The largest absolute Gasteiger partial charge is 0.490 e. The number of hydrogen-bond acceptors (Lipinski definition) is 5. The van der Waals surface area contributed by atoms with Crippen LogP contribution in [0.4, 0.5) is 0 Å². The molecule has 1 aromatic carbocycles. The summed E-state index contributed by atoms with van der Waals surface area (Å²) >= 11 is 0. The molecule has 168 valence electrons. The van der Waals surface area contributed by atoms with Gasteiger partial charge in [-0.05, 0) is 44.7 Å². The third kappa shape index (κ3) is 7.23. The molecule has 2 rings (SSSR count). The smallest absolute Gasteiger partial charge is 0.191 e. The summed E-state index contributed by atoms with van der Waals surface area (Å²) < 4.78 is 34.7. The van der Waals surface area contributed by atoms with Crippen LogP contribution in [-0.4, -0.2) is 46.1 Å². The van der Waals surface area contributed by atoms with Crippen LogP contribution in [-0.2, 0) is 9.84 Å². The summed E-state index contributed by atoms with van der Waals surface area (Å²) in [6, 6.07) is 7.76. The van der Waals surface area contributed by atoms with E-state index in [1.165, 1.54) is 6.26 Å². The zero-order valence-electron chi connectivity index (χ0n) is 18.9. The predicted octanol–water partition coefficient (Wildman–Crippen LogP) is 3.91. The first-order valence-corrected chi connectivity index (χ1v) is 12.5. The van der Waals surface area contributed by atoms with Crippen LogP contribution >= 0.6 is 0 Å². The molecule has 1 atom stereocenters. The van der Waals surface area contributed by atoms with Crippen LogP contribution in [0, 0.1) is 5.41 Å². The molecule has 0 fully saturated rings. The normalized spacial score (nSPS) is 14.0. The minimum atomic E-state index is -2.98. The Hall–Kier alpha value is -2.22. The molecular weight excluding hydrogens is 402 g/mol. The fourth-order valence-corrected chi connectivity index (χ4v) is 3.89. The van der Waals surface area contributed by atoms with Crippen LogP contribution in [0.3, 0.4) is 0 Å². The summed E-state index contributed by atoms with van der Waals surface area (Å²) in [6.45, 7) is 11.8. The van der Waals surface area contributed by atoms with Crippen LogP contribution in [0.25, 0.3) is 11.0 Å². The van der Waals surface area contributed by atoms with Gasteiger partial charge < -0.3 is 19.8 Å². The molecule has 0 aliphatic rings. The molecular formula is C22H35N3O4S. The monoisotopic (exact) mass is 437 g/mol. The SMILES string of the molecule is CCNC(=NCC(C)(C)CCS(C)(=O)=O)NC(C)c1cc2cccc(OCC)c2o1. The van der Waals surface area contributed by atoms with E-state index in [2.05, 4.69) is 15.6 Å². The van der Waals surface area contributed by atoms with E-state index in [0.29, 0.717) is 25.5 Å². The van der Waals surface area contributed by atoms with E-state index in [0.717, 1.165) is 29.0 Å². The molecule has 0 aliphatic heterocycles. The molecule has 1 unspecified atom stereocenters. The van der Waals surface area contributed by atoms with Crippen molar-refractivity contribution in [2.45, 2.75) is 47.1 Å². The molecule has 0 radical (unpaired) electrons. The number of nitrogens with one attached hydrogen (secondary N) is 2. The highest BCUT2D eigenvalue weighted by Gasteiger charge is 2.21. The molecule has 1 heterocycles. The lowest BCUT2D eigenvalue weighted by atomic mass is 9.90. The number of ether oxygens (including phenoxy) is 1. The lowest BCUT2D eigenvalue weighted by Crippen LogP contribution is -2.39. The van der Waals surface area contributed by atoms with E-state index >= 15 is 0 Å². The first kappa shape index (κ1) is 24.1. The van der Waals surface area contributed by atoms with Crippen molar-refractivity contribution >= 4 is 26.8 Å². The van der Waals surface area contributed by atoms with Gasteiger partial charge in [0.25, 0.3) is 0 Å². The number of hydrogen-bond donors (Lipinski definition) is 2. The lowest BCUT2D eigenvalue weighted by molar-refractivity contribution is 0.336. The van der Waals surface area contributed by atoms with Crippen molar-refractivity contribution < 1.29 is 17.6 Å². The number of para-hydroxylation sites is 1. The second-order valence-corrected chi connectivity index (χ2v) is 10.6. The van der Waals surface area contributed by atoms with Gasteiger partial charge in [-0.3, -0.25) is 4.99 Å². The summed E-state index contributed by atoms with van der Waals surface area (Å²) in [5, 5.41) is 7.62. The molecule has 0 saturated carbocycles. The molecule has 0 saturated heterocycles. The molecule has 0 spiro atoms. The van der Waals surface area contributed by atoms with Gasteiger partial charge in [0.05, 0.1) is 18.4 Å². The second-order valence-electron chi connectivity index (χ2n) is 8.36. The average molecular weight is 438 g/mol. The highest BCUT2D eigenvalue weighted by Crippen LogP contribution is 2.31. The number of nitrogens with zero attached hydrogens (tertiary/aromatic N) is 1. The number of fused-ring (bicyclic) bond motifs is 1. The van der Waals surface area contributed by atoms with E-state index in [1.54, 1.807) is 0 Å². The van der Waals surface area contributed by atoms with Crippen LogP contribution < -0.4 is 15.4 Å². The molecule has 2 aromatic rings. The molecule has 0 bridgehead atoms. The summed E-state index contributed by atoms with van der Waals surface area (Å²) in [6.07, 6.45) is 1.83. The summed E-state index contributed by atoms with van der Waals surface area (Å²) in [5.74, 6) is 2.36. The number of aliphatic imine (C=N–C) groups is 1. The Bertz CT molecular complexity index is 964. The fraction of sp³-hybridized carbons (Fsp3) is 0.591. The number of rotatable bonds is 10. The average Bonchev–Trinajstić information content (AvgIpc) is 3.10. The van der Waals surface area contributed by atoms with Crippen LogP contribution in [0.1, 0.15) is 52.8 Å². The van der Waals surface area contributed by atoms with Crippen LogP contribution in [0.2, 0.25) is 0 Å². The molecule has 0 amide bonds. The summed E-state index contributed by atoms with van der Waals surface area (Å²) in [5.41, 5.74) is 0.521.